The second kappa shape index (κ2) is 9.82. The van der Waals surface area contributed by atoms with Crippen LogP contribution in [0.2, 0.25) is 0 Å². The maximum Gasteiger partial charge on any atom is 0.337 e. The standard InChI is InChI=1S/C31H29N3O4/c1-19-7-11-23(12-8-19)32-29(35)26-18-22-17-21-5-3-15-34-16-4-6-25(27(21)34)28(22)38-30(26)33-24-13-9-20(10-14-24)31(36)37-2/h7-14,17-18H,3-6,15-16H2,1-2H3,(H,32,35). The number of amides is 1. The summed E-state index contributed by atoms with van der Waals surface area (Å²) in [6.07, 6.45) is 4.16. The number of nitrogens with zero attached hydrogens (tertiary/aromatic N) is 2. The second-order valence-electron chi connectivity index (χ2n) is 9.91. The Bertz CT molecular complexity index is 1620. The largest absolute Gasteiger partial charge is 0.465 e. The third-order valence-electron chi connectivity index (χ3n) is 7.30. The molecule has 38 heavy (non-hydrogen) atoms. The number of rotatable bonds is 4. The zero-order chi connectivity index (χ0) is 26.2. The molecule has 0 unspecified atom stereocenters. The van der Waals surface area contributed by atoms with Crippen LogP contribution in [0.5, 0.6) is 0 Å². The van der Waals surface area contributed by atoms with Gasteiger partial charge in [0.25, 0.3) is 5.91 Å². The number of hydrogen-bond donors (Lipinski definition) is 1. The number of carbonyl (C=O) groups excluding carboxylic acids is 2. The number of fused-ring (bicyclic) bond motifs is 2. The topological polar surface area (TPSA) is 84.1 Å². The summed E-state index contributed by atoms with van der Waals surface area (Å²) in [5.74, 6) is -0.712. The summed E-state index contributed by atoms with van der Waals surface area (Å²) in [5.41, 5.74) is 7.99. The lowest BCUT2D eigenvalue weighted by Gasteiger charge is -2.37. The first-order chi connectivity index (χ1) is 18.5. The van der Waals surface area contributed by atoms with Crippen LogP contribution in [0.15, 0.2) is 70.1 Å². The zero-order valence-electron chi connectivity index (χ0n) is 21.5. The second-order valence-corrected chi connectivity index (χ2v) is 9.91. The minimum absolute atomic E-state index is 0.233. The van der Waals surface area contributed by atoms with E-state index >= 15 is 0 Å². The van der Waals surface area contributed by atoms with Gasteiger partial charge in [0, 0.05) is 35.4 Å². The van der Waals surface area contributed by atoms with Crippen LogP contribution in [0.3, 0.4) is 0 Å². The van der Waals surface area contributed by atoms with Gasteiger partial charge in [-0.05, 0) is 86.7 Å². The van der Waals surface area contributed by atoms with E-state index in [4.69, 9.17) is 14.1 Å². The lowest BCUT2D eigenvalue weighted by Crippen LogP contribution is -2.34. The number of nitrogens with one attached hydrogen (secondary N) is 1. The van der Waals surface area contributed by atoms with Crippen LogP contribution in [0.4, 0.5) is 17.1 Å². The Hall–Kier alpha value is -4.39. The van der Waals surface area contributed by atoms with E-state index in [2.05, 4.69) is 16.3 Å². The van der Waals surface area contributed by atoms with Gasteiger partial charge in [-0.2, -0.15) is 0 Å². The van der Waals surface area contributed by atoms with Crippen LogP contribution >= 0.6 is 0 Å². The van der Waals surface area contributed by atoms with Crippen LogP contribution in [0, 0.1) is 6.92 Å². The summed E-state index contributed by atoms with van der Waals surface area (Å²) in [4.78, 5) is 32.6. The monoisotopic (exact) mass is 507 g/mol. The molecule has 3 aromatic carbocycles. The highest BCUT2D eigenvalue weighted by atomic mass is 16.5. The Morgan fingerprint density at radius 2 is 1.71 bits per heavy atom. The van der Waals surface area contributed by atoms with Crippen LogP contribution in [-0.2, 0) is 17.6 Å². The van der Waals surface area contributed by atoms with Crippen molar-refractivity contribution in [1.29, 1.82) is 0 Å². The molecule has 0 bridgehead atoms. The Balaban J connectivity index is 1.51. The molecule has 3 heterocycles. The summed E-state index contributed by atoms with van der Waals surface area (Å²) in [7, 11) is 1.35. The first kappa shape index (κ1) is 24.0. The average molecular weight is 508 g/mol. The fourth-order valence-corrected chi connectivity index (χ4v) is 5.44. The van der Waals surface area contributed by atoms with Gasteiger partial charge in [0.05, 0.1) is 18.4 Å². The van der Waals surface area contributed by atoms with E-state index < -0.39 is 5.97 Å². The normalized spacial score (nSPS) is 14.8. The summed E-state index contributed by atoms with van der Waals surface area (Å²) >= 11 is 0. The van der Waals surface area contributed by atoms with Crippen molar-refractivity contribution >= 4 is 39.9 Å². The zero-order valence-corrected chi connectivity index (χ0v) is 21.5. The van der Waals surface area contributed by atoms with Crippen molar-refractivity contribution in [2.24, 2.45) is 4.99 Å². The molecule has 1 aromatic heterocycles. The highest BCUT2D eigenvalue weighted by molar-refractivity contribution is 6.06. The predicted molar refractivity (Wildman–Crippen MR) is 147 cm³/mol. The van der Waals surface area contributed by atoms with Crippen LogP contribution in [-0.4, -0.2) is 32.1 Å². The maximum atomic E-state index is 13.5. The van der Waals surface area contributed by atoms with Gasteiger partial charge in [0.2, 0.25) is 5.55 Å². The molecule has 0 aliphatic carbocycles. The number of anilines is 2. The molecule has 4 aromatic rings. The Morgan fingerprint density at radius 3 is 2.45 bits per heavy atom. The Morgan fingerprint density at radius 1 is 0.974 bits per heavy atom. The molecule has 2 aliphatic heterocycles. The number of aryl methyl sites for hydroxylation is 3. The maximum absolute atomic E-state index is 13.5. The van der Waals surface area contributed by atoms with Crippen LogP contribution in [0.1, 0.15) is 50.2 Å². The summed E-state index contributed by atoms with van der Waals surface area (Å²) in [5, 5.41) is 3.90. The van der Waals surface area contributed by atoms with Gasteiger partial charge in [-0.3, -0.25) is 4.79 Å². The fourth-order valence-electron chi connectivity index (χ4n) is 5.44. The van der Waals surface area contributed by atoms with E-state index in [-0.39, 0.29) is 11.5 Å². The van der Waals surface area contributed by atoms with Gasteiger partial charge in [-0.1, -0.05) is 17.7 Å². The first-order valence-corrected chi connectivity index (χ1v) is 13.0. The van der Waals surface area contributed by atoms with E-state index in [9.17, 15) is 9.59 Å². The molecule has 0 saturated carbocycles. The lowest BCUT2D eigenvalue weighted by atomic mass is 9.90. The van der Waals surface area contributed by atoms with E-state index in [1.165, 1.54) is 23.9 Å². The predicted octanol–water partition coefficient (Wildman–Crippen LogP) is 5.71. The van der Waals surface area contributed by atoms with E-state index in [0.29, 0.717) is 22.5 Å². The molecule has 0 radical (unpaired) electrons. The quantitative estimate of drug-likeness (QED) is 0.358. The summed E-state index contributed by atoms with van der Waals surface area (Å²) in [6.45, 7) is 4.13. The number of benzene rings is 3. The minimum atomic E-state index is -0.418. The molecule has 1 amide bonds. The highest BCUT2D eigenvalue weighted by Gasteiger charge is 2.27. The van der Waals surface area contributed by atoms with Gasteiger partial charge in [-0.15, -0.1) is 0 Å². The molecule has 0 spiro atoms. The van der Waals surface area contributed by atoms with Crippen molar-refractivity contribution in [3.63, 3.8) is 0 Å². The number of esters is 1. The third-order valence-corrected chi connectivity index (χ3v) is 7.30. The molecule has 7 heteroatoms. The molecule has 1 N–H and O–H groups in total. The summed E-state index contributed by atoms with van der Waals surface area (Å²) in [6, 6.07) is 18.5. The molecular weight excluding hydrogens is 478 g/mol. The minimum Gasteiger partial charge on any atom is -0.465 e. The molecule has 6 rings (SSSR count). The number of methoxy groups -OCH3 is 1. The fraction of sp³-hybridized carbons (Fsp3) is 0.258. The van der Waals surface area contributed by atoms with Crippen molar-refractivity contribution in [3.05, 3.63) is 94.0 Å². The van der Waals surface area contributed by atoms with Gasteiger partial charge >= 0.3 is 5.97 Å². The molecule has 0 saturated heterocycles. The molecule has 192 valence electrons. The van der Waals surface area contributed by atoms with Crippen LogP contribution < -0.4 is 15.8 Å². The smallest absolute Gasteiger partial charge is 0.337 e. The van der Waals surface area contributed by atoms with Gasteiger partial charge in [0.15, 0.2) is 0 Å². The molecular formula is C31H29N3O4. The van der Waals surface area contributed by atoms with E-state index in [1.54, 1.807) is 24.3 Å². The Labute approximate surface area is 220 Å². The first-order valence-electron chi connectivity index (χ1n) is 13.0. The SMILES string of the molecule is COC(=O)c1ccc(N=c2oc3c4c5c(cc3cc2C(=O)Nc2ccc(C)cc2)CCCN5CCC4)cc1. The molecule has 7 nitrogen and oxygen atoms in total. The van der Waals surface area contributed by atoms with Gasteiger partial charge < -0.3 is 19.4 Å². The molecule has 2 aliphatic rings. The highest BCUT2D eigenvalue weighted by Crippen LogP contribution is 2.39. The lowest BCUT2D eigenvalue weighted by molar-refractivity contribution is 0.0600. The third kappa shape index (κ3) is 4.45. The molecule has 0 fully saturated rings. The number of ether oxygens (including phenoxy) is 1. The number of carbonyl (C=O) groups is 2. The van der Waals surface area contributed by atoms with Crippen molar-refractivity contribution in [3.8, 4) is 0 Å². The van der Waals surface area contributed by atoms with Gasteiger partial charge in [-0.25, -0.2) is 9.79 Å². The van der Waals surface area contributed by atoms with Gasteiger partial charge in [0.1, 0.15) is 11.1 Å². The summed E-state index contributed by atoms with van der Waals surface area (Å²) < 4.78 is 11.3. The van der Waals surface area contributed by atoms with Crippen molar-refractivity contribution in [1.82, 2.24) is 0 Å². The average Bonchev–Trinajstić information content (AvgIpc) is 2.94. The number of hydrogen-bond acceptors (Lipinski definition) is 6. The van der Waals surface area contributed by atoms with Crippen molar-refractivity contribution in [2.75, 3.05) is 30.4 Å². The van der Waals surface area contributed by atoms with Crippen molar-refractivity contribution < 1.29 is 18.7 Å². The Kier molecular flexibility index (Phi) is 6.19. The van der Waals surface area contributed by atoms with Crippen LogP contribution in [0.25, 0.3) is 11.0 Å². The molecule has 0 atom stereocenters. The van der Waals surface area contributed by atoms with Crippen molar-refractivity contribution in [2.45, 2.75) is 32.6 Å². The van der Waals surface area contributed by atoms with E-state index in [1.807, 2.05) is 37.3 Å². The van der Waals surface area contributed by atoms with E-state index in [0.717, 1.165) is 55.3 Å².